The van der Waals surface area contributed by atoms with Crippen LogP contribution < -0.4 is 10.6 Å². The van der Waals surface area contributed by atoms with Gasteiger partial charge >= 0.3 is 6.03 Å². The van der Waals surface area contributed by atoms with E-state index in [1.54, 1.807) is 4.90 Å². The number of carbonyl (C=O) groups is 2. The summed E-state index contributed by atoms with van der Waals surface area (Å²) in [6, 6.07) is 5.86. The van der Waals surface area contributed by atoms with Crippen LogP contribution in [0.3, 0.4) is 0 Å². The fraction of sp³-hybridized carbons (Fsp3) is 0.619. The summed E-state index contributed by atoms with van der Waals surface area (Å²) in [5.41, 5.74) is 3.77. The molecule has 0 spiro atoms. The van der Waals surface area contributed by atoms with Crippen molar-refractivity contribution in [1.82, 2.24) is 15.5 Å². The van der Waals surface area contributed by atoms with Gasteiger partial charge < -0.3 is 20.6 Å². The van der Waals surface area contributed by atoms with Gasteiger partial charge in [-0.3, -0.25) is 4.79 Å². The average Bonchev–Trinajstić information content (AvgIpc) is 3.11. The first kappa shape index (κ1) is 19.7. The largest absolute Gasteiger partial charge is 0.396 e. The van der Waals surface area contributed by atoms with E-state index in [9.17, 15) is 14.7 Å². The maximum absolute atomic E-state index is 12.8. The summed E-state index contributed by atoms with van der Waals surface area (Å²) in [4.78, 5) is 26.5. The highest BCUT2D eigenvalue weighted by molar-refractivity contribution is 5.88. The van der Waals surface area contributed by atoms with Crippen molar-refractivity contribution in [2.45, 2.75) is 57.4 Å². The van der Waals surface area contributed by atoms with Gasteiger partial charge in [0, 0.05) is 31.7 Å². The van der Waals surface area contributed by atoms with Crippen LogP contribution in [-0.4, -0.2) is 54.2 Å². The van der Waals surface area contributed by atoms with Gasteiger partial charge in [0.05, 0.1) is 0 Å². The van der Waals surface area contributed by atoms with Gasteiger partial charge in [-0.25, -0.2) is 4.79 Å². The van der Waals surface area contributed by atoms with E-state index in [1.165, 1.54) is 29.5 Å². The van der Waals surface area contributed by atoms with Gasteiger partial charge in [0.2, 0.25) is 5.91 Å². The van der Waals surface area contributed by atoms with Crippen LogP contribution >= 0.6 is 0 Å². The molecule has 2 fully saturated rings. The average molecular weight is 373 g/mol. The lowest BCUT2D eigenvalue weighted by atomic mass is 9.77. The van der Waals surface area contributed by atoms with Gasteiger partial charge in [-0.15, -0.1) is 0 Å². The van der Waals surface area contributed by atoms with Gasteiger partial charge in [-0.1, -0.05) is 42.2 Å². The number of hydrogen-bond donors (Lipinski definition) is 3. The molecule has 6 heteroatoms. The normalized spacial score (nSPS) is 21.8. The summed E-state index contributed by atoms with van der Waals surface area (Å²) in [6.45, 7) is 5.62. The number of carbonyl (C=O) groups excluding carboxylic acids is 2. The second-order valence-corrected chi connectivity index (χ2v) is 8.04. The predicted octanol–water partition coefficient (Wildman–Crippen LogP) is 2.01. The van der Waals surface area contributed by atoms with Crippen molar-refractivity contribution in [2.24, 2.45) is 0 Å². The molecule has 148 valence electrons. The molecule has 0 bridgehead atoms. The van der Waals surface area contributed by atoms with Gasteiger partial charge in [0.1, 0.15) is 6.04 Å². The predicted molar refractivity (Wildman–Crippen MR) is 105 cm³/mol. The van der Waals surface area contributed by atoms with Gasteiger partial charge in [0.25, 0.3) is 0 Å². The Morgan fingerprint density at radius 3 is 2.56 bits per heavy atom. The van der Waals surface area contributed by atoms with Crippen LogP contribution in [0.2, 0.25) is 0 Å². The molecule has 0 unspecified atom stereocenters. The molecule has 1 aliphatic heterocycles. The van der Waals surface area contributed by atoms with E-state index in [2.05, 4.69) is 42.7 Å². The van der Waals surface area contributed by atoms with Gasteiger partial charge in [-0.05, 0) is 38.7 Å². The summed E-state index contributed by atoms with van der Waals surface area (Å²) in [7, 11) is 0. The highest BCUT2D eigenvalue weighted by Gasteiger charge is 2.38. The first-order valence-corrected chi connectivity index (χ1v) is 9.97. The highest BCUT2D eigenvalue weighted by Crippen LogP contribution is 2.41. The van der Waals surface area contributed by atoms with Crippen molar-refractivity contribution < 1.29 is 14.7 Å². The monoisotopic (exact) mass is 373 g/mol. The van der Waals surface area contributed by atoms with E-state index in [0.717, 1.165) is 12.8 Å². The first-order valence-electron chi connectivity index (χ1n) is 9.97. The zero-order valence-corrected chi connectivity index (χ0v) is 16.4. The smallest absolute Gasteiger partial charge is 0.318 e. The minimum atomic E-state index is -0.593. The van der Waals surface area contributed by atoms with Crippen molar-refractivity contribution in [3.8, 4) is 0 Å². The van der Waals surface area contributed by atoms with E-state index < -0.39 is 6.04 Å². The molecule has 1 saturated carbocycles. The zero-order chi connectivity index (χ0) is 19.4. The third-order valence-electron chi connectivity index (χ3n) is 5.97. The number of hydrogen-bond acceptors (Lipinski definition) is 3. The third kappa shape index (κ3) is 4.26. The Hall–Kier alpha value is -2.08. The molecule has 6 nitrogen and oxygen atoms in total. The van der Waals surface area contributed by atoms with Crippen LogP contribution in [0.5, 0.6) is 0 Å². The molecule has 3 N–H and O–H groups in total. The summed E-state index contributed by atoms with van der Waals surface area (Å²) in [5, 5.41) is 15.1. The Kier molecular flexibility index (Phi) is 6.05. The number of aliphatic hydroxyl groups is 1. The van der Waals surface area contributed by atoms with E-state index >= 15 is 0 Å². The van der Waals surface area contributed by atoms with Crippen LogP contribution in [0.1, 0.15) is 48.8 Å². The molecule has 3 amide bonds. The number of benzene rings is 1. The van der Waals surface area contributed by atoms with Crippen LogP contribution in [0.4, 0.5) is 4.79 Å². The summed E-state index contributed by atoms with van der Waals surface area (Å²) in [5.74, 6) is -0.185. The minimum absolute atomic E-state index is 0.0308. The molecular formula is C21H31N3O3. The second kappa shape index (κ2) is 8.30. The topological polar surface area (TPSA) is 81.7 Å². The SMILES string of the molecule is Cc1cc(C)cc(C2(CNC(=O)N3CCNC(=O)[C@H]3CCO)CCCC2)c1. The van der Waals surface area contributed by atoms with Crippen molar-refractivity contribution in [3.05, 3.63) is 34.9 Å². The third-order valence-corrected chi connectivity index (χ3v) is 5.97. The number of rotatable bonds is 5. The molecule has 1 aliphatic carbocycles. The molecule has 0 aromatic heterocycles. The lowest BCUT2D eigenvalue weighted by Crippen LogP contribution is -2.60. The van der Waals surface area contributed by atoms with Crippen molar-refractivity contribution in [3.63, 3.8) is 0 Å². The van der Waals surface area contributed by atoms with Crippen LogP contribution in [0.25, 0.3) is 0 Å². The lowest BCUT2D eigenvalue weighted by Gasteiger charge is -2.37. The molecule has 1 heterocycles. The number of aliphatic hydroxyl groups excluding tert-OH is 1. The molecule has 27 heavy (non-hydrogen) atoms. The highest BCUT2D eigenvalue weighted by atomic mass is 16.3. The molecular weight excluding hydrogens is 342 g/mol. The van der Waals surface area contributed by atoms with Gasteiger partial charge in [0.15, 0.2) is 0 Å². The van der Waals surface area contributed by atoms with Crippen molar-refractivity contribution in [1.29, 1.82) is 0 Å². The van der Waals surface area contributed by atoms with Gasteiger partial charge in [-0.2, -0.15) is 0 Å². The lowest BCUT2D eigenvalue weighted by molar-refractivity contribution is -0.128. The van der Waals surface area contributed by atoms with E-state index in [1.807, 2.05) is 0 Å². The Labute approximate surface area is 161 Å². The number of nitrogens with zero attached hydrogens (tertiary/aromatic N) is 1. The number of amides is 3. The fourth-order valence-electron chi connectivity index (χ4n) is 4.61. The van der Waals surface area contributed by atoms with E-state index in [-0.39, 0.29) is 30.4 Å². The van der Waals surface area contributed by atoms with Crippen LogP contribution in [-0.2, 0) is 10.2 Å². The first-order chi connectivity index (χ1) is 12.9. The second-order valence-electron chi connectivity index (χ2n) is 8.04. The quantitative estimate of drug-likeness (QED) is 0.738. The number of urea groups is 1. The zero-order valence-electron chi connectivity index (χ0n) is 16.4. The van der Waals surface area contributed by atoms with Crippen molar-refractivity contribution >= 4 is 11.9 Å². The Morgan fingerprint density at radius 1 is 1.26 bits per heavy atom. The maximum Gasteiger partial charge on any atom is 0.318 e. The maximum atomic E-state index is 12.8. The molecule has 0 radical (unpaired) electrons. The number of aryl methyl sites for hydroxylation is 2. The Morgan fingerprint density at radius 2 is 1.93 bits per heavy atom. The van der Waals surface area contributed by atoms with E-state index in [0.29, 0.717) is 19.6 Å². The fourth-order valence-corrected chi connectivity index (χ4v) is 4.61. The summed E-state index contributed by atoms with van der Waals surface area (Å²) >= 11 is 0. The summed E-state index contributed by atoms with van der Waals surface area (Å²) in [6.07, 6.45) is 4.74. The molecule has 2 aliphatic rings. The van der Waals surface area contributed by atoms with Crippen molar-refractivity contribution in [2.75, 3.05) is 26.2 Å². The van der Waals surface area contributed by atoms with Crippen LogP contribution in [0, 0.1) is 13.8 Å². The standard InChI is InChI=1S/C21H31N3O3/c1-15-11-16(2)13-17(12-15)21(6-3-4-7-21)14-23-20(27)24-9-8-22-19(26)18(24)5-10-25/h11-13,18,25H,3-10,14H2,1-2H3,(H,22,26)(H,23,27)/t18-/m1/s1. The molecule has 1 aromatic rings. The molecule has 1 saturated heterocycles. The molecule has 3 rings (SSSR count). The van der Waals surface area contributed by atoms with E-state index in [4.69, 9.17) is 0 Å². The Balaban J connectivity index is 1.74. The molecule has 1 aromatic carbocycles. The number of nitrogens with one attached hydrogen (secondary N) is 2. The summed E-state index contributed by atoms with van der Waals surface area (Å²) < 4.78 is 0. The molecule has 1 atom stereocenters. The van der Waals surface area contributed by atoms with Crippen LogP contribution in [0.15, 0.2) is 18.2 Å². The number of piperazine rings is 1. The minimum Gasteiger partial charge on any atom is -0.396 e. The Bertz CT molecular complexity index is 678.